The van der Waals surface area contributed by atoms with Gasteiger partial charge in [0, 0.05) is 10.9 Å². The number of halogens is 2. The Kier molecular flexibility index (Phi) is 3.71. The first-order valence-electron chi connectivity index (χ1n) is 5.37. The molecule has 0 bridgehead atoms. The van der Waals surface area contributed by atoms with Gasteiger partial charge in [-0.25, -0.2) is 4.39 Å². The highest BCUT2D eigenvalue weighted by Crippen LogP contribution is 2.20. The van der Waals surface area contributed by atoms with E-state index in [1.807, 2.05) is 0 Å². The molecule has 0 spiro atoms. The second-order valence-corrected chi connectivity index (χ2v) is 4.88. The first-order valence-corrected chi connectivity index (χ1v) is 6.16. The Balaban J connectivity index is 2.07. The van der Waals surface area contributed by atoms with Crippen LogP contribution >= 0.6 is 15.9 Å². The van der Waals surface area contributed by atoms with Gasteiger partial charge >= 0.3 is 0 Å². The van der Waals surface area contributed by atoms with Gasteiger partial charge in [-0.3, -0.25) is 4.79 Å². The lowest BCUT2D eigenvalue weighted by Crippen LogP contribution is -2.31. The number of hydrogen-bond acceptors (Lipinski definition) is 2. The molecule has 1 aromatic rings. The molecule has 1 N–H and O–H groups in total. The largest absolute Gasteiger partial charge is 0.307 e. The van der Waals surface area contributed by atoms with Gasteiger partial charge in [-0.15, -0.1) is 0 Å². The fourth-order valence-electron chi connectivity index (χ4n) is 1.95. The van der Waals surface area contributed by atoms with Crippen LogP contribution in [0.5, 0.6) is 0 Å². The number of ketones is 1. The monoisotopic (exact) mass is 285 g/mol. The van der Waals surface area contributed by atoms with Crippen LogP contribution in [0.4, 0.5) is 4.39 Å². The standard InChI is InChI=1S/C12H13BrFNO/c13-10-4-3-9(14)6-8(10)7-12(16)11-2-1-5-15-11/h3-4,6,11,15H,1-2,5,7H2. The summed E-state index contributed by atoms with van der Waals surface area (Å²) >= 11 is 3.33. The third-order valence-corrected chi connectivity index (χ3v) is 3.60. The summed E-state index contributed by atoms with van der Waals surface area (Å²) in [5.74, 6) is -0.158. The van der Waals surface area contributed by atoms with Gasteiger partial charge in [-0.1, -0.05) is 15.9 Å². The first kappa shape index (κ1) is 11.7. The predicted octanol–water partition coefficient (Wildman–Crippen LogP) is 2.45. The number of rotatable bonds is 3. The highest BCUT2D eigenvalue weighted by Gasteiger charge is 2.22. The van der Waals surface area contributed by atoms with Gasteiger partial charge in [-0.2, -0.15) is 0 Å². The zero-order valence-electron chi connectivity index (χ0n) is 8.80. The van der Waals surface area contributed by atoms with Crippen molar-refractivity contribution in [1.82, 2.24) is 5.32 Å². The maximum Gasteiger partial charge on any atom is 0.154 e. The maximum atomic E-state index is 13.0. The SMILES string of the molecule is O=C(Cc1cc(F)ccc1Br)C1CCCN1. The lowest BCUT2D eigenvalue weighted by Gasteiger charge is -2.09. The number of carbonyl (C=O) groups excluding carboxylic acids is 1. The minimum absolute atomic E-state index is 0.0461. The highest BCUT2D eigenvalue weighted by molar-refractivity contribution is 9.10. The normalized spacial score (nSPS) is 20.0. The summed E-state index contributed by atoms with van der Waals surface area (Å²) in [4.78, 5) is 11.9. The van der Waals surface area contributed by atoms with Crippen LogP contribution in [0.2, 0.25) is 0 Å². The number of hydrogen-bond donors (Lipinski definition) is 1. The molecule has 1 fully saturated rings. The van der Waals surface area contributed by atoms with E-state index in [9.17, 15) is 9.18 Å². The Morgan fingerprint density at radius 1 is 1.56 bits per heavy atom. The predicted molar refractivity (Wildman–Crippen MR) is 63.8 cm³/mol. The van der Waals surface area contributed by atoms with Crippen molar-refractivity contribution in [3.05, 3.63) is 34.1 Å². The molecule has 0 amide bonds. The Hall–Kier alpha value is -0.740. The summed E-state index contributed by atoms with van der Waals surface area (Å²) in [5.41, 5.74) is 0.721. The van der Waals surface area contributed by atoms with E-state index in [1.165, 1.54) is 12.1 Å². The van der Waals surface area contributed by atoms with Crippen molar-refractivity contribution in [2.75, 3.05) is 6.54 Å². The van der Waals surface area contributed by atoms with E-state index in [2.05, 4.69) is 21.2 Å². The van der Waals surface area contributed by atoms with Crippen molar-refractivity contribution in [1.29, 1.82) is 0 Å². The fraction of sp³-hybridized carbons (Fsp3) is 0.417. The van der Waals surface area contributed by atoms with Crippen molar-refractivity contribution in [3.63, 3.8) is 0 Å². The van der Waals surface area contributed by atoms with Gasteiger partial charge in [-0.05, 0) is 43.1 Å². The Morgan fingerprint density at radius 3 is 3.06 bits per heavy atom. The van der Waals surface area contributed by atoms with Gasteiger partial charge in [0.15, 0.2) is 5.78 Å². The molecule has 1 aliphatic heterocycles. The summed E-state index contributed by atoms with van der Waals surface area (Å²) in [6, 6.07) is 4.39. The van der Waals surface area contributed by atoms with Gasteiger partial charge in [0.05, 0.1) is 6.04 Å². The van der Waals surface area contributed by atoms with Crippen LogP contribution in [-0.2, 0) is 11.2 Å². The average molecular weight is 286 g/mol. The molecule has 0 radical (unpaired) electrons. The van der Waals surface area contributed by atoms with E-state index in [0.717, 1.165) is 29.4 Å². The van der Waals surface area contributed by atoms with Crippen molar-refractivity contribution < 1.29 is 9.18 Å². The van der Waals surface area contributed by atoms with Gasteiger partial charge in [0.25, 0.3) is 0 Å². The summed E-state index contributed by atoms with van der Waals surface area (Å²) < 4.78 is 13.8. The van der Waals surface area contributed by atoms with Gasteiger partial charge in [0.2, 0.25) is 0 Å². The minimum atomic E-state index is -0.301. The third kappa shape index (κ3) is 2.68. The average Bonchev–Trinajstić information content (AvgIpc) is 2.76. The molecule has 0 saturated carbocycles. The third-order valence-electron chi connectivity index (χ3n) is 2.82. The quantitative estimate of drug-likeness (QED) is 0.924. The minimum Gasteiger partial charge on any atom is -0.307 e. The van der Waals surface area contributed by atoms with Crippen molar-refractivity contribution in [2.24, 2.45) is 0 Å². The number of nitrogens with one attached hydrogen (secondary N) is 1. The molecule has 2 rings (SSSR count). The number of benzene rings is 1. The smallest absolute Gasteiger partial charge is 0.154 e. The van der Waals surface area contributed by atoms with Crippen LogP contribution < -0.4 is 5.32 Å². The molecule has 1 unspecified atom stereocenters. The van der Waals surface area contributed by atoms with Gasteiger partial charge in [0.1, 0.15) is 5.82 Å². The molecule has 1 aliphatic rings. The highest BCUT2D eigenvalue weighted by atomic mass is 79.9. The molecule has 1 saturated heterocycles. The van der Waals surface area contributed by atoms with E-state index in [1.54, 1.807) is 6.07 Å². The molecule has 2 nitrogen and oxygen atoms in total. The molecule has 1 heterocycles. The Morgan fingerprint density at radius 2 is 2.38 bits per heavy atom. The Bertz CT molecular complexity index is 402. The summed E-state index contributed by atoms with van der Waals surface area (Å²) in [5, 5.41) is 3.15. The topological polar surface area (TPSA) is 29.1 Å². The fourth-order valence-corrected chi connectivity index (χ4v) is 2.34. The molecular formula is C12H13BrFNO. The maximum absolute atomic E-state index is 13.0. The molecule has 86 valence electrons. The first-order chi connectivity index (χ1) is 7.66. The van der Waals surface area contributed by atoms with E-state index in [4.69, 9.17) is 0 Å². The molecule has 0 aromatic heterocycles. The number of Topliss-reactive ketones (excluding diaryl/α,β-unsaturated/α-hetero) is 1. The van der Waals surface area contributed by atoms with Crippen molar-refractivity contribution in [2.45, 2.75) is 25.3 Å². The van der Waals surface area contributed by atoms with Gasteiger partial charge < -0.3 is 5.32 Å². The molecule has 1 aromatic carbocycles. The lowest BCUT2D eigenvalue weighted by atomic mass is 10.0. The molecule has 16 heavy (non-hydrogen) atoms. The van der Waals surface area contributed by atoms with E-state index < -0.39 is 0 Å². The summed E-state index contributed by atoms with van der Waals surface area (Å²) in [7, 11) is 0. The van der Waals surface area contributed by atoms with Crippen LogP contribution in [0.25, 0.3) is 0 Å². The van der Waals surface area contributed by atoms with Crippen LogP contribution in [0.15, 0.2) is 22.7 Å². The zero-order chi connectivity index (χ0) is 11.5. The Labute approximate surface area is 102 Å². The van der Waals surface area contributed by atoms with Crippen LogP contribution in [0, 0.1) is 5.82 Å². The molecule has 0 aliphatic carbocycles. The molecule has 1 atom stereocenters. The van der Waals surface area contributed by atoms with Crippen molar-refractivity contribution in [3.8, 4) is 0 Å². The summed E-state index contributed by atoms with van der Waals surface area (Å²) in [6.45, 7) is 0.903. The second-order valence-electron chi connectivity index (χ2n) is 4.03. The van der Waals surface area contributed by atoms with Crippen LogP contribution in [0.1, 0.15) is 18.4 Å². The zero-order valence-corrected chi connectivity index (χ0v) is 10.4. The number of carbonyl (C=O) groups is 1. The molecule has 4 heteroatoms. The summed E-state index contributed by atoms with van der Waals surface area (Å²) in [6.07, 6.45) is 2.22. The van der Waals surface area contributed by atoms with Crippen molar-refractivity contribution >= 4 is 21.7 Å². The van der Waals surface area contributed by atoms with E-state index in [-0.39, 0.29) is 24.1 Å². The van der Waals surface area contributed by atoms with Crippen LogP contribution in [-0.4, -0.2) is 18.4 Å². The van der Waals surface area contributed by atoms with E-state index >= 15 is 0 Å². The lowest BCUT2D eigenvalue weighted by molar-refractivity contribution is -0.120. The molecular weight excluding hydrogens is 273 g/mol. The van der Waals surface area contributed by atoms with E-state index in [0.29, 0.717) is 0 Å². The second kappa shape index (κ2) is 5.06. The van der Waals surface area contributed by atoms with Crippen LogP contribution in [0.3, 0.4) is 0 Å².